The number of para-hydroxylation sites is 1. The summed E-state index contributed by atoms with van der Waals surface area (Å²) in [6, 6.07) is 13.6. The van der Waals surface area contributed by atoms with E-state index >= 15 is 0 Å². The van der Waals surface area contributed by atoms with Crippen LogP contribution in [0.25, 0.3) is 11.0 Å². The van der Waals surface area contributed by atoms with Crippen LogP contribution in [0.3, 0.4) is 0 Å². The molecule has 4 nitrogen and oxygen atoms in total. The summed E-state index contributed by atoms with van der Waals surface area (Å²) in [6.07, 6.45) is 9.83. The molecule has 4 heteroatoms. The molecular weight excluding hydrogens is 324 g/mol. The topological polar surface area (TPSA) is 46.3 Å². The molecular formula is C22H24N2O2. The van der Waals surface area contributed by atoms with E-state index in [1.165, 1.54) is 32.1 Å². The largest absolute Gasteiger partial charge is 0.451 e. The second-order valence-electron chi connectivity index (χ2n) is 7.19. The van der Waals surface area contributed by atoms with Crippen LogP contribution in [-0.2, 0) is 6.54 Å². The third-order valence-corrected chi connectivity index (χ3v) is 5.25. The maximum absolute atomic E-state index is 13.2. The highest BCUT2D eigenvalue weighted by atomic mass is 16.3. The van der Waals surface area contributed by atoms with Gasteiger partial charge in [-0.2, -0.15) is 0 Å². The molecule has 2 aromatic heterocycles. The van der Waals surface area contributed by atoms with Gasteiger partial charge in [-0.05, 0) is 48.6 Å². The van der Waals surface area contributed by atoms with Crippen LogP contribution in [-0.4, -0.2) is 22.3 Å². The van der Waals surface area contributed by atoms with E-state index in [4.69, 9.17) is 4.42 Å². The minimum absolute atomic E-state index is 0.0245. The molecule has 1 saturated carbocycles. The first-order valence-electron chi connectivity index (χ1n) is 9.46. The maximum Gasteiger partial charge on any atom is 0.289 e. The third-order valence-electron chi connectivity index (χ3n) is 5.25. The Balaban J connectivity index is 1.58. The Morgan fingerprint density at radius 1 is 1.08 bits per heavy atom. The van der Waals surface area contributed by atoms with Crippen molar-refractivity contribution in [3.63, 3.8) is 0 Å². The zero-order valence-electron chi connectivity index (χ0n) is 14.9. The van der Waals surface area contributed by atoms with E-state index in [-0.39, 0.29) is 5.91 Å². The number of fused-ring (bicyclic) bond motifs is 1. The monoisotopic (exact) mass is 348 g/mol. The van der Waals surface area contributed by atoms with Gasteiger partial charge in [-0.1, -0.05) is 37.5 Å². The molecule has 1 fully saturated rings. The summed E-state index contributed by atoms with van der Waals surface area (Å²) in [5, 5.41) is 0.970. The lowest BCUT2D eigenvalue weighted by molar-refractivity contribution is 0.0669. The van der Waals surface area contributed by atoms with Gasteiger partial charge in [-0.25, -0.2) is 0 Å². The fourth-order valence-corrected chi connectivity index (χ4v) is 3.85. The van der Waals surface area contributed by atoms with Crippen LogP contribution in [0.2, 0.25) is 0 Å². The second kappa shape index (κ2) is 7.73. The molecule has 0 bridgehead atoms. The van der Waals surface area contributed by atoms with Crippen molar-refractivity contribution in [2.75, 3.05) is 6.54 Å². The van der Waals surface area contributed by atoms with Crippen molar-refractivity contribution in [2.24, 2.45) is 5.92 Å². The van der Waals surface area contributed by atoms with Gasteiger partial charge >= 0.3 is 0 Å². The first kappa shape index (κ1) is 16.8. The number of furan rings is 1. The number of nitrogens with zero attached hydrogens (tertiary/aromatic N) is 2. The summed E-state index contributed by atoms with van der Waals surface area (Å²) in [5.74, 6) is 0.985. The van der Waals surface area contributed by atoms with Crippen LogP contribution < -0.4 is 0 Å². The lowest BCUT2D eigenvalue weighted by Crippen LogP contribution is -2.35. The molecule has 1 aromatic carbocycles. The number of amides is 1. The average molecular weight is 348 g/mol. The summed E-state index contributed by atoms with van der Waals surface area (Å²) in [7, 11) is 0. The van der Waals surface area contributed by atoms with Gasteiger partial charge in [0, 0.05) is 30.9 Å². The standard InChI is InChI=1S/C22H24N2O2/c25-22(21-14-19-8-4-5-9-20(19)26-21)24(15-17-6-2-1-3-7-17)16-18-10-12-23-13-11-18/h4-5,8-14,17H,1-3,6-7,15-16H2. The lowest BCUT2D eigenvalue weighted by Gasteiger charge is -2.29. The zero-order valence-corrected chi connectivity index (χ0v) is 14.9. The molecule has 0 unspecified atom stereocenters. The Bertz CT molecular complexity index is 833. The van der Waals surface area contributed by atoms with Crippen LogP contribution in [0.15, 0.2) is 59.3 Å². The number of carbonyl (C=O) groups is 1. The molecule has 26 heavy (non-hydrogen) atoms. The second-order valence-corrected chi connectivity index (χ2v) is 7.19. The fraction of sp³-hybridized carbons (Fsp3) is 0.364. The lowest BCUT2D eigenvalue weighted by atomic mass is 9.89. The Labute approximate surface area is 153 Å². The summed E-state index contributed by atoms with van der Waals surface area (Å²) in [4.78, 5) is 19.2. The maximum atomic E-state index is 13.2. The molecule has 2 heterocycles. The van der Waals surface area contributed by atoms with Gasteiger partial charge in [0.05, 0.1) is 0 Å². The molecule has 134 valence electrons. The highest BCUT2D eigenvalue weighted by molar-refractivity contribution is 5.96. The Hall–Kier alpha value is -2.62. The molecule has 1 aliphatic carbocycles. The first-order valence-corrected chi connectivity index (χ1v) is 9.46. The first-order chi connectivity index (χ1) is 12.8. The molecule has 0 aliphatic heterocycles. The molecule has 3 aromatic rings. The van der Waals surface area contributed by atoms with Crippen molar-refractivity contribution >= 4 is 16.9 Å². The Morgan fingerprint density at radius 3 is 2.62 bits per heavy atom. The van der Waals surface area contributed by atoms with Crippen LogP contribution >= 0.6 is 0 Å². The van der Waals surface area contributed by atoms with E-state index < -0.39 is 0 Å². The van der Waals surface area contributed by atoms with E-state index in [0.717, 1.165) is 23.1 Å². The van der Waals surface area contributed by atoms with E-state index in [9.17, 15) is 4.79 Å². The minimum Gasteiger partial charge on any atom is -0.451 e. The molecule has 0 radical (unpaired) electrons. The quantitative estimate of drug-likeness (QED) is 0.648. The zero-order chi connectivity index (χ0) is 17.8. The Kier molecular flexibility index (Phi) is 5.00. The van der Waals surface area contributed by atoms with Gasteiger partial charge in [-0.15, -0.1) is 0 Å². The summed E-state index contributed by atoms with van der Waals surface area (Å²) in [6.45, 7) is 1.38. The number of aromatic nitrogens is 1. The van der Waals surface area contributed by atoms with Gasteiger partial charge in [0.2, 0.25) is 0 Å². The van der Waals surface area contributed by atoms with Gasteiger partial charge in [0.1, 0.15) is 5.58 Å². The van der Waals surface area contributed by atoms with Crippen LogP contribution in [0.1, 0.15) is 48.2 Å². The predicted molar refractivity (Wildman–Crippen MR) is 102 cm³/mol. The predicted octanol–water partition coefficient (Wildman–Crippen LogP) is 5.05. The van der Waals surface area contributed by atoms with Crippen molar-refractivity contribution in [3.8, 4) is 0 Å². The molecule has 0 N–H and O–H groups in total. The number of rotatable bonds is 5. The van der Waals surface area contributed by atoms with Crippen molar-refractivity contribution in [2.45, 2.75) is 38.6 Å². The molecule has 1 amide bonds. The molecule has 0 spiro atoms. The van der Waals surface area contributed by atoms with E-state index in [1.54, 1.807) is 12.4 Å². The highest BCUT2D eigenvalue weighted by Gasteiger charge is 2.24. The van der Waals surface area contributed by atoms with Crippen LogP contribution in [0, 0.1) is 5.92 Å². The van der Waals surface area contributed by atoms with Crippen LogP contribution in [0.4, 0.5) is 0 Å². The molecule has 0 saturated heterocycles. The van der Waals surface area contributed by atoms with E-state index in [2.05, 4.69) is 4.98 Å². The van der Waals surface area contributed by atoms with Crippen molar-refractivity contribution in [1.29, 1.82) is 0 Å². The van der Waals surface area contributed by atoms with Gasteiger partial charge in [0.25, 0.3) is 5.91 Å². The van der Waals surface area contributed by atoms with E-state index in [1.807, 2.05) is 47.4 Å². The SMILES string of the molecule is O=C(c1cc2ccccc2o1)N(Cc1ccncc1)CC1CCCCC1. The number of carbonyl (C=O) groups excluding carboxylic acids is 1. The number of hydrogen-bond acceptors (Lipinski definition) is 3. The summed E-state index contributed by atoms with van der Waals surface area (Å²) < 4.78 is 5.83. The summed E-state index contributed by atoms with van der Waals surface area (Å²) in [5.41, 5.74) is 1.86. The van der Waals surface area contributed by atoms with E-state index in [0.29, 0.717) is 18.2 Å². The number of pyridine rings is 1. The summed E-state index contributed by atoms with van der Waals surface area (Å²) >= 11 is 0. The highest BCUT2D eigenvalue weighted by Crippen LogP contribution is 2.27. The smallest absolute Gasteiger partial charge is 0.289 e. The number of benzene rings is 1. The van der Waals surface area contributed by atoms with Crippen LogP contribution in [0.5, 0.6) is 0 Å². The van der Waals surface area contributed by atoms with Gasteiger partial charge < -0.3 is 9.32 Å². The van der Waals surface area contributed by atoms with Gasteiger partial charge in [-0.3, -0.25) is 9.78 Å². The third kappa shape index (κ3) is 3.79. The van der Waals surface area contributed by atoms with Gasteiger partial charge in [0.15, 0.2) is 5.76 Å². The number of hydrogen-bond donors (Lipinski definition) is 0. The molecule has 0 atom stereocenters. The fourth-order valence-electron chi connectivity index (χ4n) is 3.85. The normalized spacial score (nSPS) is 15.2. The molecule has 4 rings (SSSR count). The Morgan fingerprint density at radius 2 is 1.85 bits per heavy atom. The van der Waals surface area contributed by atoms with Crippen molar-refractivity contribution in [1.82, 2.24) is 9.88 Å². The van der Waals surface area contributed by atoms with Crippen molar-refractivity contribution in [3.05, 3.63) is 66.2 Å². The minimum atomic E-state index is -0.0245. The average Bonchev–Trinajstić information content (AvgIpc) is 3.13. The van der Waals surface area contributed by atoms with Crippen molar-refractivity contribution < 1.29 is 9.21 Å². The molecule has 1 aliphatic rings.